The highest BCUT2D eigenvalue weighted by Crippen LogP contribution is 2.30. The zero-order valence-electron chi connectivity index (χ0n) is 17.6. The van der Waals surface area contributed by atoms with Gasteiger partial charge in [-0.2, -0.15) is 0 Å². The van der Waals surface area contributed by atoms with Gasteiger partial charge in [0.15, 0.2) is 18.5 Å². The van der Waals surface area contributed by atoms with Crippen molar-refractivity contribution in [2.24, 2.45) is 5.11 Å². The van der Waals surface area contributed by atoms with Crippen LogP contribution < -0.4 is 0 Å². The maximum Gasteiger partial charge on any atom is 0.303 e. The summed E-state index contributed by atoms with van der Waals surface area (Å²) in [5, 5.41) is 3.67. The van der Waals surface area contributed by atoms with E-state index in [0.717, 1.165) is 6.04 Å². The van der Waals surface area contributed by atoms with Crippen LogP contribution in [0.25, 0.3) is 10.4 Å². The van der Waals surface area contributed by atoms with Crippen LogP contribution in [0, 0.1) is 0 Å². The third kappa shape index (κ3) is 8.82. The molecule has 0 aromatic heterocycles. The highest BCUT2D eigenvalue weighted by Gasteiger charge is 2.50. The molecule has 0 unspecified atom stereocenters. The summed E-state index contributed by atoms with van der Waals surface area (Å²) in [5.74, 6) is -1.90. The van der Waals surface area contributed by atoms with Gasteiger partial charge in [-0.25, -0.2) is 0 Å². The van der Waals surface area contributed by atoms with Gasteiger partial charge in [0.25, 0.3) is 0 Å². The predicted molar refractivity (Wildman–Crippen MR) is 103 cm³/mol. The molecule has 1 fully saturated rings. The van der Waals surface area contributed by atoms with Gasteiger partial charge in [0.2, 0.25) is 0 Å². The number of azide groups is 1. The fourth-order valence-corrected chi connectivity index (χ4v) is 3.42. The molecular weight excluding hydrogens is 402 g/mol. The Morgan fingerprint density at radius 1 is 1.03 bits per heavy atom. The molecular formula is C17H29N3O8Si. The number of rotatable bonds is 9. The monoisotopic (exact) mass is 431 g/mol. The van der Waals surface area contributed by atoms with E-state index in [1.165, 1.54) is 20.8 Å². The van der Waals surface area contributed by atoms with Gasteiger partial charge in [-0.1, -0.05) is 24.8 Å². The molecule has 1 heterocycles. The van der Waals surface area contributed by atoms with E-state index in [4.69, 9.17) is 29.2 Å². The number of carbonyl (C=O) groups is 3. The number of carbonyl (C=O) groups excluding carboxylic acids is 3. The zero-order valence-corrected chi connectivity index (χ0v) is 18.6. The normalized spacial score (nSPS) is 26.8. The highest BCUT2D eigenvalue weighted by molar-refractivity contribution is 6.76. The van der Waals surface area contributed by atoms with Crippen molar-refractivity contribution in [3.8, 4) is 0 Å². The summed E-state index contributed by atoms with van der Waals surface area (Å²) in [4.78, 5) is 37.3. The van der Waals surface area contributed by atoms with Crippen molar-refractivity contribution in [1.29, 1.82) is 0 Å². The SMILES string of the molecule is CC(=O)OC[C@H]1O[C@@H](OCC[Si](C)(C)C)[C@H](N=[N+]=[N-])[C@@H](OC(C)=O)[C@H]1OC(C)=O. The minimum Gasteiger partial charge on any atom is -0.463 e. The minimum absolute atomic E-state index is 0.262. The van der Waals surface area contributed by atoms with Gasteiger partial charge in [0.1, 0.15) is 18.8 Å². The second-order valence-electron chi connectivity index (χ2n) is 7.87. The minimum atomic E-state index is -1.42. The van der Waals surface area contributed by atoms with Crippen LogP contribution in [-0.2, 0) is 38.1 Å². The summed E-state index contributed by atoms with van der Waals surface area (Å²) in [7, 11) is -1.42. The summed E-state index contributed by atoms with van der Waals surface area (Å²) in [6.45, 7) is 10.2. The molecule has 5 atom stereocenters. The van der Waals surface area contributed by atoms with Crippen molar-refractivity contribution in [3.05, 3.63) is 10.4 Å². The number of nitrogens with zero attached hydrogens (tertiary/aromatic N) is 3. The van der Waals surface area contributed by atoms with Crippen molar-refractivity contribution in [2.45, 2.75) is 77.1 Å². The lowest BCUT2D eigenvalue weighted by atomic mass is 9.97. The van der Waals surface area contributed by atoms with Crippen LogP contribution in [0.2, 0.25) is 25.7 Å². The summed E-state index contributed by atoms with van der Waals surface area (Å²) in [6.07, 6.45) is -4.37. The van der Waals surface area contributed by atoms with E-state index in [1.54, 1.807) is 0 Å². The summed E-state index contributed by atoms with van der Waals surface area (Å²) in [5.41, 5.74) is 8.99. The Morgan fingerprint density at radius 3 is 2.10 bits per heavy atom. The molecule has 0 spiro atoms. The first-order valence-corrected chi connectivity index (χ1v) is 12.9. The molecule has 29 heavy (non-hydrogen) atoms. The molecule has 0 radical (unpaired) electrons. The number of hydrogen-bond donors (Lipinski definition) is 0. The molecule has 0 aromatic carbocycles. The molecule has 0 aromatic rings. The molecule has 0 N–H and O–H groups in total. The van der Waals surface area contributed by atoms with Crippen molar-refractivity contribution >= 4 is 26.0 Å². The Balaban J connectivity index is 3.19. The topological polar surface area (TPSA) is 146 Å². The van der Waals surface area contributed by atoms with E-state index in [1.807, 2.05) is 0 Å². The summed E-state index contributed by atoms with van der Waals surface area (Å²) < 4.78 is 27.2. The van der Waals surface area contributed by atoms with Gasteiger partial charge < -0.3 is 23.7 Å². The van der Waals surface area contributed by atoms with E-state index >= 15 is 0 Å². The number of esters is 3. The fourth-order valence-electron chi connectivity index (χ4n) is 2.69. The molecule has 0 saturated carbocycles. The largest absolute Gasteiger partial charge is 0.463 e. The van der Waals surface area contributed by atoms with Gasteiger partial charge in [0, 0.05) is 40.4 Å². The van der Waals surface area contributed by atoms with Crippen LogP contribution in [0.15, 0.2) is 5.11 Å². The van der Waals surface area contributed by atoms with Crippen LogP contribution in [0.5, 0.6) is 0 Å². The van der Waals surface area contributed by atoms with Crippen LogP contribution in [0.1, 0.15) is 20.8 Å². The van der Waals surface area contributed by atoms with Crippen LogP contribution in [-0.4, -0.2) is 69.8 Å². The zero-order chi connectivity index (χ0) is 22.2. The summed E-state index contributed by atoms with van der Waals surface area (Å²) >= 11 is 0. The van der Waals surface area contributed by atoms with Gasteiger partial charge in [-0.15, -0.1) is 0 Å². The number of hydrogen-bond acceptors (Lipinski definition) is 9. The Labute approximate surface area is 170 Å². The van der Waals surface area contributed by atoms with E-state index in [9.17, 15) is 14.4 Å². The first-order chi connectivity index (χ1) is 13.4. The lowest BCUT2D eigenvalue weighted by molar-refractivity contribution is -0.272. The second kappa shape index (κ2) is 11.1. The summed E-state index contributed by atoms with van der Waals surface area (Å²) in [6, 6.07) is -0.278. The van der Waals surface area contributed by atoms with E-state index in [-0.39, 0.29) is 6.61 Å². The van der Waals surface area contributed by atoms with Crippen molar-refractivity contribution in [3.63, 3.8) is 0 Å². The van der Waals surface area contributed by atoms with Gasteiger partial charge >= 0.3 is 17.9 Å². The van der Waals surface area contributed by atoms with Crippen LogP contribution in [0.3, 0.4) is 0 Å². The predicted octanol–water partition coefficient (Wildman–Crippen LogP) is 2.17. The standard InChI is InChI=1S/C17H29N3O8Si/c1-10(21)25-9-13-15(26-11(2)22)16(27-12(3)23)14(19-20-18)17(28-13)24-7-8-29(4,5)6/h13-17H,7-9H2,1-6H3/t13-,14-,15+,16-,17-/m1/s1. The molecule has 164 valence electrons. The Morgan fingerprint density at radius 2 is 1.62 bits per heavy atom. The van der Waals surface area contributed by atoms with Gasteiger partial charge in [-0.05, 0) is 11.6 Å². The lowest BCUT2D eigenvalue weighted by Gasteiger charge is -2.43. The van der Waals surface area contributed by atoms with Gasteiger partial charge in [-0.3, -0.25) is 14.4 Å². The maximum absolute atomic E-state index is 11.7. The lowest BCUT2D eigenvalue weighted by Crippen LogP contribution is -2.61. The fraction of sp³-hybridized carbons (Fsp3) is 0.824. The molecule has 1 aliphatic heterocycles. The Bertz CT molecular complexity index is 647. The van der Waals surface area contributed by atoms with E-state index < -0.39 is 56.6 Å². The molecule has 0 aliphatic carbocycles. The molecule has 0 bridgehead atoms. The van der Waals surface area contributed by atoms with Crippen LogP contribution >= 0.6 is 0 Å². The first-order valence-electron chi connectivity index (χ1n) is 9.23. The van der Waals surface area contributed by atoms with Gasteiger partial charge in [0.05, 0.1) is 0 Å². The van der Waals surface area contributed by atoms with Crippen molar-refractivity contribution in [1.82, 2.24) is 0 Å². The molecule has 1 rings (SSSR count). The molecule has 1 aliphatic rings. The van der Waals surface area contributed by atoms with Crippen molar-refractivity contribution in [2.75, 3.05) is 13.2 Å². The van der Waals surface area contributed by atoms with E-state index in [2.05, 4.69) is 29.7 Å². The van der Waals surface area contributed by atoms with E-state index in [0.29, 0.717) is 6.61 Å². The quantitative estimate of drug-likeness (QED) is 0.135. The molecule has 1 saturated heterocycles. The van der Waals surface area contributed by atoms with Crippen LogP contribution in [0.4, 0.5) is 0 Å². The smallest absolute Gasteiger partial charge is 0.303 e. The average molecular weight is 432 g/mol. The van der Waals surface area contributed by atoms with Crippen molar-refractivity contribution < 1.29 is 38.1 Å². The third-order valence-electron chi connectivity index (χ3n) is 3.99. The molecule has 11 nitrogen and oxygen atoms in total. The maximum atomic E-state index is 11.7. The molecule has 0 amide bonds. The Kier molecular flexibility index (Phi) is 9.57. The first kappa shape index (κ1) is 24.9. The second-order valence-corrected chi connectivity index (χ2v) is 13.5. The third-order valence-corrected chi connectivity index (χ3v) is 5.69. The molecule has 12 heteroatoms. The highest BCUT2D eigenvalue weighted by atomic mass is 28.3. The Hall–Kier alpha value is -2.14. The number of ether oxygens (including phenoxy) is 5. The average Bonchev–Trinajstić information content (AvgIpc) is 2.56.